The summed E-state index contributed by atoms with van der Waals surface area (Å²) >= 11 is 0. The zero-order chi connectivity index (χ0) is 16.0. The van der Waals surface area contributed by atoms with Crippen molar-refractivity contribution in [2.45, 2.75) is 32.6 Å². The van der Waals surface area contributed by atoms with Gasteiger partial charge in [0.15, 0.2) is 0 Å². The van der Waals surface area contributed by atoms with Crippen LogP contribution in [0.4, 0.5) is 5.69 Å². The molecule has 0 aromatic heterocycles. The first-order valence-corrected chi connectivity index (χ1v) is 9.45. The average Bonchev–Trinajstić information content (AvgIpc) is 2.47. The van der Waals surface area contributed by atoms with E-state index in [9.17, 15) is 13.2 Å². The van der Waals surface area contributed by atoms with E-state index in [4.69, 9.17) is 0 Å². The van der Waals surface area contributed by atoms with Gasteiger partial charge in [0.05, 0.1) is 5.75 Å². The van der Waals surface area contributed by atoms with Crippen LogP contribution in [0.1, 0.15) is 32.6 Å². The van der Waals surface area contributed by atoms with E-state index >= 15 is 0 Å². The number of para-hydroxylation sites is 1. The number of hydrogen-bond acceptors (Lipinski definition) is 3. The number of benzene rings is 1. The van der Waals surface area contributed by atoms with Crippen molar-refractivity contribution in [3.63, 3.8) is 0 Å². The lowest BCUT2D eigenvalue weighted by Crippen LogP contribution is -2.37. The first-order chi connectivity index (χ1) is 10.5. The summed E-state index contributed by atoms with van der Waals surface area (Å²) < 4.78 is 26.4. The van der Waals surface area contributed by atoms with Crippen molar-refractivity contribution in [1.82, 2.24) is 5.32 Å². The molecule has 2 atom stereocenters. The van der Waals surface area contributed by atoms with E-state index in [2.05, 4.69) is 17.0 Å². The lowest BCUT2D eigenvalue weighted by molar-refractivity contribution is -0.126. The molecule has 1 aromatic rings. The van der Waals surface area contributed by atoms with Gasteiger partial charge in [-0.3, -0.25) is 9.52 Å². The molecule has 22 heavy (non-hydrogen) atoms. The third-order valence-electron chi connectivity index (χ3n) is 4.02. The van der Waals surface area contributed by atoms with Gasteiger partial charge in [-0.25, -0.2) is 8.42 Å². The summed E-state index contributed by atoms with van der Waals surface area (Å²) in [6.45, 7) is 2.31. The number of nitrogens with one attached hydrogen (secondary N) is 2. The molecule has 2 rings (SSSR count). The van der Waals surface area contributed by atoms with Crippen LogP contribution in [0.2, 0.25) is 0 Å². The molecule has 1 amide bonds. The van der Waals surface area contributed by atoms with E-state index in [1.165, 1.54) is 6.42 Å². The Bertz CT molecular complexity index is 587. The molecule has 0 radical (unpaired) electrons. The minimum atomic E-state index is -3.44. The largest absolute Gasteiger partial charge is 0.355 e. The van der Waals surface area contributed by atoms with Crippen LogP contribution < -0.4 is 10.0 Å². The molecular weight excluding hydrogens is 300 g/mol. The standard InChI is InChI=1S/C16H24N2O3S/c1-13-6-5-7-14(12-13)16(19)17-10-11-22(20,21)18-15-8-3-2-4-9-15/h2-4,8-9,13-14,18H,5-7,10-12H2,1H3,(H,17,19)/t13-,14+/m1/s1. The van der Waals surface area contributed by atoms with E-state index in [0.717, 1.165) is 19.3 Å². The maximum Gasteiger partial charge on any atom is 0.234 e. The molecule has 0 heterocycles. The highest BCUT2D eigenvalue weighted by molar-refractivity contribution is 7.92. The Balaban J connectivity index is 1.76. The van der Waals surface area contributed by atoms with Crippen molar-refractivity contribution in [3.05, 3.63) is 30.3 Å². The fourth-order valence-corrected chi connectivity index (χ4v) is 3.83. The average molecular weight is 324 g/mol. The summed E-state index contributed by atoms with van der Waals surface area (Å²) in [5, 5.41) is 2.76. The Labute approximate surface area is 132 Å². The summed E-state index contributed by atoms with van der Waals surface area (Å²) in [4.78, 5) is 12.1. The molecule has 1 aromatic carbocycles. The number of amides is 1. The van der Waals surface area contributed by atoms with E-state index in [0.29, 0.717) is 11.6 Å². The van der Waals surface area contributed by atoms with Crippen molar-refractivity contribution in [3.8, 4) is 0 Å². The normalized spacial score (nSPS) is 22.0. The Kier molecular flexibility index (Phi) is 5.83. The van der Waals surface area contributed by atoms with Crippen molar-refractivity contribution >= 4 is 21.6 Å². The van der Waals surface area contributed by atoms with E-state index in [1.807, 2.05) is 6.07 Å². The highest BCUT2D eigenvalue weighted by atomic mass is 32.2. The SMILES string of the molecule is C[C@@H]1CCC[C@H](C(=O)NCCS(=O)(=O)Nc2ccccc2)C1. The van der Waals surface area contributed by atoms with Gasteiger partial charge in [-0.2, -0.15) is 0 Å². The number of carbonyl (C=O) groups excluding carboxylic acids is 1. The summed E-state index contributed by atoms with van der Waals surface area (Å²) in [7, 11) is -3.44. The van der Waals surface area contributed by atoms with Crippen LogP contribution in [0.3, 0.4) is 0 Å². The van der Waals surface area contributed by atoms with Crippen LogP contribution >= 0.6 is 0 Å². The van der Waals surface area contributed by atoms with Gasteiger partial charge in [0, 0.05) is 18.2 Å². The van der Waals surface area contributed by atoms with E-state index in [-0.39, 0.29) is 24.1 Å². The minimum Gasteiger partial charge on any atom is -0.355 e. The monoisotopic (exact) mass is 324 g/mol. The van der Waals surface area contributed by atoms with Gasteiger partial charge in [-0.15, -0.1) is 0 Å². The minimum absolute atomic E-state index is 0.0125. The van der Waals surface area contributed by atoms with Crippen LogP contribution in [0.5, 0.6) is 0 Å². The first-order valence-electron chi connectivity index (χ1n) is 7.79. The van der Waals surface area contributed by atoms with Crippen molar-refractivity contribution in [2.24, 2.45) is 11.8 Å². The molecular formula is C16H24N2O3S. The molecule has 0 aliphatic heterocycles. The van der Waals surface area contributed by atoms with Gasteiger partial charge in [0.1, 0.15) is 0 Å². The second-order valence-electron chi connectivity index (χ2n) is 6.05. The Morgan fingerprint density at radius 1 is 1.23 bits per heavy atom. The Morgan fingerprint density at radius 2 is 1.95 bits per heavy atom. The Hall–Kier alpha value is -1.56. The fourth-order valence-electron chi connectivity index (χ4n) is 2.86. The van der Waals surface area contributed by atoms with Crippen molar-refractivity contribution < 1.29 is 13.2 Å². The Morgan fingerprint density at radius 3 is 2.64 bits per heavy atom. The van der Waals surface area contributed by atoms with Crippen LogP contribution in [0, 0.1) is 11.8 Å². The number of rotatable bonds is 6. The third kappa shape index (κ3) is 5.33. The molecule has 0 bridgehead atoms. The summed E-state index contributed by atoms with van der Waals surface area (Å²) in [5.41, 5.74) is 0.537. The van der Waals surface area contributed by atoms with Gasteiger partial charge >= 0.3 is 0 Å². The van der Waals surface area contributed by atoms with Crippen LogP contribution in [0.25, 0.3) is 0 Å². The number of hydrogen-bond donors (Lipinski definition) is 2. The van der Waals surface area contributed by atoms with Crippen LogP contribution in [0.15, 0.2) is 30.3 Å². The molecule has 1 fully saturated rings. The first kappa shape index (κ1) is 16.8. The lowest BCUT2D eigenvalue weighted by atomic mass is 9.82. The van der Waals surface area contributed by atoms with Gasteiger partial charge < -0.3 is 5.32 Å². The van der Waals surface area contributed by atoms with Gasteiger partial charge in [-0.1, -0.05) is 38.0 Å². The molecule has 1 aliphatic rings. The molecule has 1 saturated carbocycles. The third-order valence-corrected chi connectivity index (χ3v) is 5.31. The molecule has 0 saturated heterocycles. The van der Waals surface area contributed by atoms with Crippen molar-refractivity contribution in [1.29, 1.82) is 0 Å². The topological polar surface area (TPSA) is 75.3 Å². The lowest BCUT2D eigenvalue weighted by Gasteiger charge is -2.25. The predicted octanol–water partition coefficient (Wildman–Crippen LogP) is 2.37. The summed E-state index contributed by atoms with van der Waals surface area (Å²) in [6.07, 6.45) is 4.07. The molecule has 1 aliphatic carbocycles. The zero-order valence-electron chi connectivity index (χ0n) is 12.9. The molecule has 0 unspecified atom stereocenters. The molecule has 122 valence electrons. The maximum atomic E-state index is 12.1. The second-order valence-corrected chi connectivity index (χ2v) is 7.89. The highest BCUT2D eigenvalue weighted by Crippen LogP contribution is 2.28. The quantitative estimate of drug-likeness (QED) is 0.843. The smallest absolute Gasteiger partial charge is 0.234 e. The highest BCUT2D eigenvalue weighted by Gasteiger charge is 2.25. The maximum absolute atomic E-state index is 12.1. The predicted molar refractivity (Wildman–Crippen MR) is 88.0 cm³/mol. The van der Waals surface area contributed by atoms with Crippen LogP contribution in [-0.4, -0.2) is 26.6 Å². The van der Waals surface area contributed by atoms with Crippen molar-refractivity contribution in [2.75, 3.05) is 17.0 Å². The molecule has 0 spiro atoms. The zero-order valence-corrected chi connectivity index (χ0v) is 13.7. The molecule has 2 N–H and O–H groups in total. The van der Waals surface area contributed by atoms with Crippen LogP contribution in [-0.2, 0) is 14.8 Å². The molecule has 5 nitrogen and oxygen atoms in total. The van der Waals surface area contributed by atoms with E-state index in [1.54, 1.807) is 24.3 Å². The summed E-state index contributed by atoms with van der Waals surface area (Å²) in [6, 6.07) is 8.75. The van der Waals surface area contributed by atoms with Gasteiger partial charge in [-0.05, 0) is 30.9 Å². The number of sulfonamides is 1. The van der Waals surface area contributed by atoms with E-state index < -0.39 is 10.0 Å². The number of anilines is 1. The van der Waals surface area contributed by atoms with Gasteiger partial charge in [0.2, 0.25) is 15.9 Å². The summed E-state index contributed by atoms with van der Waals surface area (Å²) in [5.74, 6) is 0.485. The molecule has 6 heteroatoms. The second kappa shape index (κ2) is 7.63. The van der Waals surface area contributed by atoms with Gasteiger partial charge in [0.25, 0.3) is 0 Å². The fraction of sp³-hybridized carbons (Fsp3) is 0.562. The number of carbonyl (C=O) groups is 1.